The number of aliphatic imine (C=N–C) groups is 1. The van der Waals surface area contributed by atoms with Gasteiger partial charge < -0.3 is 26.4 Å². The summed E-state index contributed by atoms with van der Waals surface area (Å²) in [6.07, 6.45) is 3.84. The number of pyridine rings is 1. The molecule has 0 spiro atoms. The van der Waals surface area contributed by atoms with E-state index in [1.807, 2.05) is 13.0 Å². The van der Waals surface area contributed by atoms with Gasteiger partial charge in [0.15, 0.2) is 11.6 Å². The SMILES string of the molecule is CCC1=C2c3cnc(N)c(c3)O[C@H](C)c3cc(F)ccc3C(N)=C(C=NC)CN2CN1. The van der Waals surface area contributed by atoms with Crippen LogP contribution in [0.15, 0.2) is 46.7 Å². The van der Waals surface area contributed by atoms with E-state index in [4.69, 9.17) is 16.2 Å². The van der Waals surface area contributed by atoms with Gasteiger partial charge >= 0.3 is 0 Å². The summed E-state index contributed by atoms with van der Waals surface area (Å²) in [5.74, 6) is 0.374. The summed E-state index contributed by atoms with van der Waals surface area (Å²) in [7, 11) is 1.71. The maximum absolute atomic E-state index is 14.2. The van der Waals surface area contributed by atoms with Gasteiger partial charge in [0.25, 0.3) is 0 Å². The minimum Gasteiger partial charge on any atom is -0.482 e. The number of allylic oxidation sites excluding steroid dienone is 1. The zero-order valence-corrected chi connectivity index (χ0v) is 17.9. The van der Waals surface area contributed by atoms with Crippen molar-refractivity contribution >= 4 is 23.4 Å². The first-order valence-electron chi connectivity index (χ1n) is 10.3. The Morgan fingerprint density at radius 3 is 2.90 bits per heavy atom. The zero-order valence-electron chi connectivity index (χ0n) is 17.9. The number of rotatable bonds is 2. The fourth-order valence-corrected chi connectivity index (χ4v) is 4.11. The molecule has 1 aromatic heterocycles. The van der Waals surface area contributed by atoms with Crippen molar-refractivity contribution in [3.63, 3.8) is 0 Å². The fraction of sp³-hybridized carbons (Fsp3) is 0.304. The van der Waals surface area contributed by atoms with Gasteiger partial charge in [0, 0.05) is 59.7 Å². The van der Waals surface area contributed by atoms with Gasteiger partial charge in [-0.05, 0) is 37.6 Å². The third kappa shape index (κ3) is 3.81. The largest absolute Gasteiger partial charge is 0.482 e. The second kappa shape index (κ2) is 8.29. The fourth-order valence-electron chi connectivity index (χ4n) is 4.11. The lowest BCUT2D eigenvalue weighted by atomic mass is 9.97. The lowest BCUT2D eigenvalue weighted by molar-refractivity contribution is 0.226. The molecule has 2 bridgehead atoms. The molecule has 0 saturated heterocycles. The molecule has 2 aliphatic heterocycles. The number of nitrogen functional groups attached to an aromatic ring is 1. The van der Waals surface area contributed by atoms with Crippen molar-refractivity contribution in [2.45, 2.75) is 26.4 Å². The molecule has 7 nitrogen and oxygen atoms in total. The number of aromatic nitrogens is 1. The van der Waals surface area contributed by atoms with Crippen molar-refractivity contribution in [3.8, 4) is 5.75 Å². The highest BCUT2D eigenvalue weighted by Gasteiger charge is 2.27. The lowest BCUT2D eigenvalue weighted by Crippen LogP contribution is -2.28. The Balaban J connectivity index is 1.98. The first kappa shape index (κ1) is 20.7. The molecule has 0 aliphatic carbocycles. The highest BCUT2D eigenvalue weighted by Crippen LogP contribution is 2.36. The van der Waals surface area contributed by atoms with Crippen LogP contribution in [0, 0.1) is 5.82 Å². The molecule has 162 valence electrons. The molecule has 31 heavy (non-hydrogen) atoms. The number of ether oxygens (including phenoxy) is 1. The molecule has 2 aromatic rings. The zero-order chi connectivity index (χ0) is 22.1. The summed E-state index contributed by atoms with van der Waals surface area (Å²) in [6.45, 7) is 5.10. The van der Waals surface area contributed by atoms with E-state index in [0.29, 0.717) is 35.8 Å². The van der Waals surface area contributed by atoms with Crippen LogP contribution >= 0.6 is 0 Å². The van der Waals surface area contributed by atoms with Crippen molar-refractivity contribution in [3.05, 3.63) is 64.2 Å². The summed E-state index contributed by atoms with van der Waals surface area (Å²) in [4.78, 5) is 10.8. The molecular formula is C23H27FN6O. The number of hydrogen-bond donors (Lipinski definition) is 3. The first-order valence-corrected chi connectivity index (χ1v) is 10.3. The molecule has 5 N–H and O–H groups in total. The Hall–Kier alpha value is -3.55. The average Bonchev–Trinajstić information content (AvgIpc) is 3.16. The maximum atomic E-state index is 14.2. The number of fused-ring (bicyclic) bond motifs is 5. The minimum absolute atomic E-state index is 0.282. The van der Waals surface area contributed by atoms with Crippen molar-refractivity contribution in [1.82, 2.24) is 15.2 Å². The molecule has 1 atom stereocenters. The normalized spacial score (nSPS) is 18.8. The van der Waals surface area contributed by atoms with Crippen LogP contribution in [-0.2, 0) is 0 Å². The Kier molecular flexibility index (Phi) is 5.54. The summed E-state index contributed by atoms with van der Waals surface area (Å²) in [6, 6.07) is 6.43. The van der Waals surface area contributed by atoms with Crippen LogP contribution in [0.25, 0.3) is 11.4 Å². The first-order chi connectivity index (χ1) is 14.9. The number of anilines is 1. The number of nitrogens with zero attached hydrogens (tertiary/aromatic N) is 3. The van der Waals surface area contributed by atoms with Gasteiger partial charge in [-0.3, -0.25) is 4.99 Å². The second-order valence-electron chi connectivity index (χ2n) is 7.64. The van der Waals surface area contributed by atoms with Gasteiger partial charge in [-0.2, -0.15) is 0 Å². The molecule has 0 unspecified atom stereocenters. The molecule has 8 heteroatoms. The molecule has 0 amide bonds. The van der Waals surface area contributed by atoms with Crippen LogP contribution in [0.4, 0.5) is 10.2 Å². The Morgan fingerprint density at radius 2 is 2.16 bits per heavy atom. The van der Waals surface area contributed by atoms with Gasteiger partial charge in [-0.1, -0.05) is 6.92 Å². The maximum Gasteiger partial charge on any atom is 0.166 e. The van der Waals surface area contributed by atoms with Crippen LogP contribution in [-0.4, -0.2) is 36.4 Å². The van der Waals surface area contributed by atoms with E-state index >= 15 is 0 Å². The lowest BCUT2D eigenvalue weighted by Gasteiger charge is -2.26. The summed E-state index contributed by atoms with van der Waals surface area (Å²) in [5, 5.41) is 3.46. The summed E-state index contributed by atoms with van der Waals surface area (Å²) in [5.41, 5.74) is 18.5. The van der Waals surface area contributed by atoms with E-state index < -0.39 is 6.10 Å². The van der Waals surface area contributed by atoms with Crippen LogP contribution in [0.1, 0.15) is 43.1 Å². The molecule has 0 fully saturated rings. The Bertz CT molecular complexity index is 1110. The van der Waals surface area contributed by atoms with Gasteiger partial charge in [0.05, 0.1) is 12.4 Å². The molecule has 1 aromatic carbocycles. The average molecular weight is 423 g/mol. The second-order valence-corrected chi connectivity index (χ2v) is 7.64. The third-order valence-electron chi connectivity index (χ3n) is 5.63. The van der Waals surface area contributed by atoms with Gasteiger partial charge in [0.1, 0.15) is 11.9 Å². The number of nitrogens with two attached hydrogens (primary N) is 2. The molecular weight excluding hydrogens is 395 g/mol. The highest BCUT2D eigenvalue weighted by molar-refractivity contribution is 5.91. The van der Waals surface area contributed by atoms with Crippen molar-refractivity contribution in [2.75, 3.05) is 26.0 Å². The van der Waals surface area contributed by atoms with Crippen LogP contribution in [0.3, 0.4) is 0 Å². The van der Waals surface area contributed by atoms with E-state index in [-0.39, 0.29) is 11.6 Å². The van der Waals surface area contributed by atoms with Gasteiger partial charge in [-0.15, -0.1) is 0 Å². The van der Waals surface area contributed by atoms with Crippen LogP contribution in [0.2, 0.25) is 0 Å². The van der Waals surface area contributed by atoms with E-state index in [2.05, 4.69) is 27.1 Å². The number of benzene rings is 1. The Morgan fingerprint density at radius 1 is 1.35 bits per heavy atom. The monoisotopic (exact) mass is 422 g/mol. The number of hydrogen-bond acceptors (Lipinski definition) is 7. The van der Waals surface area contributed by atoms with E-state index in [0.717, 1.165) is 29.0 Å². The molecule has 0 radical (unpaired) electrons. The van der Waals surface area contributed by atoms with E-state index in [1.165, 1.54) is 12.1 Å². The summed E-state index contributed by atoms with van der Waals surface area (Å²) < 4.78 is 20.3. The van der Waals surface area contributed by atoms with Gasteiger partial charge in [0.2, 0.25) is 0 Å². The number of halogens is 1. The van der Waals surface area contributed by atoms with Crippen molar-refractivity contribution in [1.29, 1.82) is 0 Å². The van der Waals surface area contributed by atoms with E-state index in [1.54, 1.807) is 25.5 Å². The quantitative estimate of drug-likeness (QED) is 0.642. The molecule has 3 heterocycles. The summed E-state index contributed by atoms with van der Waals surface area (Å²) >= 11 is 0. The van der Waals surface area contributed by atoms with Gasteiger partial charge in [-0.25, -0.2) is 9.37 Å². The predicted octanol–water partition coefficient (Wildman–Crippen LogP) is 3.27. The Labute approximate surface area is 181 Å². The third-order valence-corrected chi connectivity index (χ3v) is 5.63. The van der Waals surface area contributed by atoms with Crippen molar-refractivity contribution < 1.29 is 9.13 Å². The topological polar surface area (TPSA) is 102 Å². The molecule has 0 saturated carbocycles. The number of nitrogens with one attached hydrogen (secondary N) is 1. The highest BCUT2D eigenvalue weighted by atomic mass is 19.1. The molecule has 2 aliphatic rings. The van der Waals surface area contributed by atoms with E-state index in [9.17, 15) is 4.39 Å². The van der Waals surface area contributed by atoms with Crippen molar-refractivity contribution in [2.24, 2.45) is 10.7 Å². The smallest absolute Gasteiger partial charge is 0.166 e. The standard InChI is InChI=1S/C23H27FN6O/c1-4-19-22-14-7-20(23(26)28-10-14)31-13(2)18-8-16(24)5-6-17(18)21(25)15(9-27-3)11-30(22)12-29-19/h5-10,13,29H,4,11-12,25H2,1-3H3,(H2,26,28)/t13-/m1/s1. The predicted molar refractivity (Wildman–Crippen MR) is 122 cm³/mol. The molecule has 4 rings (SSSR count). The van der Waals surface area contributed by atoms with Crippen LogP contribution in [0.5, 0.6) is 5.75 Å². The minimum atomic E-state index is -0.500. The van der Waals surface area contributed by atoms with Crippen LogP contribution < -0.4 is 21.5 Å².